The Kier molecular flexibility index (Phi) is 5.92. The van der Waals surface area contributed by atoms with E-state index in [0.29, 0.717) is 11.5 Å². The normalized spacial score (nSPS) is 15.7. The van der Waals surface area contributed by atoms with Crippen LogP contribution in [0.5, 0.6) is 17.2 Å². The first-order valence-corrected chi connectivity index (χ1v) is 9.37. The highest BCUT2D eigenvalue weighted by Crippen LogP contribution is 2.35. The zero-order valence-corrected chi connectivity index (χ0v) is 16.5. The number of fused-ring (bicyclic) bond motifs is 1. The van der Waals surface area contributed by atoms with Gasteiger partial charge in [-0.1, -0.05) is 18.2 Å². The maximum Gasteiger partial charge on any atom is 0.161 e. The van der Waals surface area contributed by atoms with Crippen molar-refractivity contribution in [3.8, 4) is 17.2 Å². The first-order chi connectivity index (χ1) is 12.9. The fourth-order valence-electron chi connectivity index (χ4n) is 3.39. The number of ether oxygens (including phenoxy) is 3. The number of methoxy groups -OCH3 is 1. The van der Waals surface area contributed by atoms with Crippen molar-refractivity contribution in [2.75, 3.05) is 20.3 Å². The molecule has 5 heteroatoms. The summed E-state index contributed by atoms with van der Waals surface area (Å²) in [6.45, 7) is 7.37. The van der Waals surface area contributed by atoms with Gasteiger partial charge in [0.2, 0.25) is 0 Å². The SMILES string of the molecule is COc1cc([C@@H](C)NCc2ccc3c(c2)CC(C)(C)O3)ccc1OCCO. The van der Waals surface area contributed by atoms with E-state index in [2.05, 4.69) is 44.3 Å². The Morgan fingerprint density at radius 1 is 1.19 bits per heavy atom. The van der Waals surface area contributed by atoms with Gasteiger partial charge in [0.05, 0.1) is 13.7 Å². The molecule has 0 fully saturated rings. The quantitative estimate of drug-likeness (QED) is 0.742. The van der Waals surface area contributed by atoms with Gasteiger partial charge in [0.25, 0.3) is 0 Å². The summed E-state index contributed by atoms with van der Waals surface area (Å²) in [6.07, 6.45) is 0.943. The minimum absolute atomic E-state index is 0.0220. The average molecular weight is 371 g/mol. The van der Waals surface area contributed by atoms with E-state index in [1.54, 1.807) is 7.11 Å². The van der Waals surface area contributed by atoms with Crippen molar-refractivity contribution < 1.29 is 19.3 Å². The summed E-state index contributed by atoms with van der Waals surface area (Å²) in [6, 6.07) is 12.5. The Bertz CT molecular complexity index is 788. The van der Waals surface area contributed by atoms with Crippen molar-refractivity contribution >= 4 is 0 Å². The minimum atomic E-state index is -0.113. The fourth-order valence-corrected chi connectivity index (χ4v) is 3.39. The number of nitrogens with one attached hydrogen (secondary N) is 1. The van der Waals surface area contributed by atoms with Crippen molar-refractivity contribution in [2.45, 2.75) is 45.4 Å². The van der Waals surface area contributed by atoms with Gasteiger partial charge in [-0.2, -0.15) is 0 Å². The number of benzene rings is 2. The van der Waals surface area contributed by atoms with Gasteiger partial charge in [-0.05, 0) is 55.7 Å². The Hall–Kier alpha value is -2.24. The largest absolute Gasteiger partial charge is 0.493 e. The lowest BCUT2D eigenvalue weighted by atomic mass is 10.00. The van der Waals surface area contributed by atoms with E-state index in [-0.39, 0.29) is 24.9 Å². The fraction of sp³-hybridized carbons (Fsp3) is 0.455. The van der Waals surface area contributed by atoms with Gasteiger partial charge >= 0.3 is 0 Å². The van der Waals surface area contributed by atoms with Crippen LogP contribution in [0.1, 0.15) is 43.5 Å². The average Bonchev–Trinajstić information content (AvgIpc) is 2.97. The third kappa shape index (κ3) is 4.73. The van der Waals surface area contributed by atoms with Crippen LogP contribution in [0.15, 0.2) is 36.4 Å². The molecule has 2 N–H and O–H groups in total. The lowest BCUT2D eigenvalue weighted by molar-refractivity contribution is 0.138. The number of hydrogen-bond donors (Lipinski definition) is 2. The summed E-state index contributed by atoms with van der Waals surface area (Å²) in [5.41, 5.74) is 3.53. The van der Waals surface area contributed by atoms with Gasteiger partial charge in [-0.25, -0.2) is 0 Å². The van der Waals surface area contributed by atoms with Gasteiger partial charge in [-0.15, -0.1) is 0 Å². The second-order valence-electron chi connectivity index (χ2n) is 7.57. The second-order valence-corrected chi connectivity index (χ2v) is 7.57. The highest BCUT2D eigenvalue weighted by atomic mass is 16.5. The lowest BCUT2D eigenvalue weighted by Crippen LogP contribution is -2.24. The number of aliphatic hydroxyl groups excluding tert-OH is 1. The first-order valence-electron chi connectivity index (χ1n) is 9.37. The molecule has 1 atom stereocenters. The summed E-state index contributed by atoms with van der Waals surface area (Å²) in [7, 11) is 1.62. The number of rotatable bonds is 8. The van der Waals surface area contributed by atoms with Crippen LogP contribution in [-0.2, 0) is 13.0 Å². The van der Waals surface area contributed by atoms with Gasteiger partial charge in [-0.3, -0.25) is 0 Å². The lowest BCUT2D eigenvalue weighted by Gasteiger charge is -2.17. The first kappa shape index (κ1) is 19.5. The van der Waals surface area contributed by atoms with Crippen molar-refractivity contribution in [1.29, 1.82) is 0 Å². The van der Waals surface area contributed by atoms with Crippen LogP contribution >= 0.6 is 0 Å². The molecule has 2 aromatic carbocycles. The molecule has 3 rings (SSSR count). The van der Waals surface area contributed by atoms with Crippen LogP contribution in [0, 0.1) is 0 Å². The molecule has 0 radical (unpaired) electrons. The summed E-state index contributed by atoms with van der Waals surface area (Å²) in [5, 5.41) is 12.5. The Balaban J connectivity index is 1.64. The molecule has 146 valence electrons. The zero-order chi connectivity index (χ0) is 19.4. The highest BCUT2D eigenvalue weighted by Gasteiger charge is 2.29. The van der Waals surface area contributed by atoms with E-state index in [1.807, 2.05) is 18.2 Å². The standard InChI is InChI=1S/C22H29NO4/c1-15(17-6-8-20(26-10-9-24)21(12-17)25-4)23-14-16-5-7-19-18(11-16)13-22(2,3)27-19/h5-8,11-12,15,23-24H,9-10,13-14H2,1-4H3/t15-/m1/s1. The van der Waals surface area contributed by atoms with Gasteiger partial charge < -0.3 is 24.6 Å². The Labute approximate surface area is 161 Å². The summed E-state index contributed by atoms with van der Waals surface area (Å²) < 4.78 is 16.9. The van der Waals surface area contributed by atoms with Crippen LogP contribution in [0.25, 0.3) is 0 Å². The van der Waals surface area contributed by atoms with E-state index in [4.69, 9.17) is 19.3 Å². The molecule has 0 aliphatic carbocycles. The van der Waals surface area contributed by atoms with Crippen LogP contribution in [-0.4, -0.2) is 31.0 Å². The van der Waals surface area contributed by atoms with Gasteiger partial charge in [0, 0.05) is 19.0 Å². The maximum atomic E-state index is 8.92. The smallest absolute Gasteiger partial charge is 0.161 e. The number of hydrogen-bond acceptors (Lipinski definition) is 5. The van der Waals surface area contributed by atoms with Crippen molar-refractivity contribution in [1.82, 2.24) is 5.32 Å². The molecule has 0 saturated heterocycles. The molecule has 0 amide bonds. The molecule has 5 nitrogen and oxygen atoms in total. The van der Waals surface area contributed by atoms with Crippen molar-refractivity contribution in [3.05, 3.63) is 53.1 Å². The van der Waals surface area contributed by atoms with E-state index >= 15 is 0 Å². The number of aliphatic hydroxyl groups is 1. The molecule has 1 heterocycles. The minimum Gasteiger partial charge on any atom is -0.493 e. The van der Waals surface area contributed by atoms with Crippen LogP contribution in [0.4, 0.5) is 0 Å². The maximum absolute atomic E-state index is 8.92. The molecular weight excluding hydrogens is 342 g/mol. The van der Waals surface area contributed by atoms with E-state index in [9.17, 15) is 0 Å². The van der Waals surface area contributed by atoms with Gasteiger partial charge in [0.15, 0.2) is 11.5 Å². The van der Waals surface area contributed by atoms with E-state index in [0.717, 1.165) is 24.3 Å². The summed E-state index contributed by atoms with van der Waals surface area (Å²) in [4.78, 5) is 0. The summed E-state index contributed by atoms with van der Waals surface area (Å²) >= 11 is 0. The molecule has 0 aromatic heterocycles. The molecule has 1 aliphatic heterocycles. The van der Waals surface area contributed by atoms with E-state index < -0.39 is 0 Å². The third-order valence-electron chi connectivity index (χ3n) is 4.78. The molecule has 2 aromatic rings. The molecule has 27 heavy (non-hydrogen) atoms. The van der Waals surface area contributed by atoms with Crippen LogP contribution < -0.4 is 19.5 Å². The van der Waals surface area contributed by atoms with Crippen molar-refractivity contribution in [3.63, 3.8) is 0 Å². The summed E-state index contributed by atoms with van der Waals surface area (Å²) in [5.74, 6) is 2.32. The predicted octanol–water partition coefficient (Wildman–Crippen LogP) is 3.63. The predicted molar refractivity (Wildman–Crippen MR) is 106 cm³/mol. The van der Waals surface area contributed by atoms with Crippen LogP contribution in [0.2, 0.25) is 0 Å². The third-order valence-corrected chi connectivity index (χ3v) is 4.78. The molecule has 0 spiro atoms. The highest BCUT2D eigenvalue weighted by molar-refractivity contribution is 5.44. The molecule has 0 saturated carbocycles. The van der Waals surface area contributed by atoms with Crippen LogP contribution in [0.3, 0.4) is 0 Å². The molecule has 0 bridgehead atoms. The zero-order valence-electron chi connectivity index (χ0n) is 16.5. The molecule has 0 unspecified atom stereocenters. The Morgan fingerprint density at radius 2 is 2.00 bits per heavy atom. The van der Waals surface area contributed by atoms with Gasteiger partial charge in [0.1, 0.15) is 18.0 Å². The molecular formula is C22H29NO4. The monoisotopic (exact) mass is 371 g/mol. The second kappa shape index (κ2) is 8.19. The van der Waals surface area contributed by atoms with E-state index in [1.165, 1.54) is 11.1 Å². The topological polar surface area (TPSA) is 60.0 Å². The Morgan fingerprint density at radius 3 is 2.74 bits per heavy atom. The van der Waals surface area contributed by atoms with Crippen molar-refractivity contribution in [2.24, 2.45) is 0 Å². The molecule has 1 aliphatic rings.